The number of rotatable bonds is 2. The van der Waals surface area contributed by atoms with Gasteiger partial charge in [-0.05, 0) is 38.0 Å². The molecule has 2 unspecified atom stereocenters. The fourth-order valence-electron chi connectivity index (χ4n) is 4.87. The lowest BCUT2D eigenvalue weighted by Crippen LogP contribution is -2.50. The molecule has 3 aliphatic rings. The summed E-state index contributed by atoms with van der Waals surface area (Å²) in [6.07, 6.45) is 13.5. The second-order valence-corrected chi connectivity index (χ2v) is 7.30. The highest BCUT2D eigenvalue weighted by atomic mass is 16.2. The Hall–Kier alpha value is -0.570. The number of fused-ring (bicyclic) bond motifs is 1. The first-order valence-electron chi connectivity index (χ1n) is 8.78. The molecular weight excluding hydrogens is 248 g/mol. The van der Waals surface area contributed by atoms with Crippen LogP contribution >= 0.6 is 0 Å². The number of hydrogen-bond donors (Lipinski definition) is 1. The van der Waals surface area contributed by atoms with Crippen LogP contribution in [0.5, 0.6) is 0 Å². The van der Waals surface area contributed by atoms with E-state index in [0.29, 0.717) is 18.5 Å². The van der Waals surface area contributed by atoms with Crippen molar-refractivity contribution in [3.63, 3.8) is 0 Å². The molecule has 0 aromatic heterocycles. The number of carbonyl (C=O) groups excluding carboxylic acids is 1. The molecule has 1 heterocycles. The lowest BCUT2D eigenvalue weighted by Gasteiger charge is -2.39. The molecule has 0 bridgehead atoms. The summed E-state index contributed by atoms with van der Waals surface area (Å²) in [6.45, 7) is 1.55. The molecule has 2 N–H and O–H groups in total. The summed E-state index contributed by atoms with van der Waals surface area (Å²) in [5, 5.41) is 0. The van der Waals surface area contributed by atoms with Crippen LogP contribution in [0.1, 0.15) is 70.6 Å². The topological polar surface area (TPSA) is 46.3 Å². The Bertz CT molecular complexity index is 347. The van der Waals surface area contributed by atoms with E-state index in [-0.39, 0.29) is 5.41 Å². The molecule has 3 fully saturated rings. The van der Waals surface area contributed by atoms with E-state index in [4.69, 9.17) is 5.73 Å². The van der Waals surface area contributed by atoms with Gasteiger partial charge in [-0.15, -0.1) is 0 Å². The summed E-state index contributed by atoms with van der Waals surface area (Å²) in [5.74, 6) is 1.20. The molecule has 3 rings (SSSR count). The Morgan fingerprint density at radius 1 is 1.00 bits per heavy atom. The van der Waals surface area contributed by atoms with Crippen LogP contribution in [-0.2, 0) is 4.79 Å². The highest BCUT2D eigenvalue weighted by molar-refractivity contribution is 5.83. The molecule has 1 amide bonds. The number of likely N-dealkylation sites (tertiary alicyclic amines) is 1. The second-order valence-electron chi connectivity index (χ2n) is 7.30. The first-order chi connectivity index (χ1) is 9.77. The third kappa shape index (κ3) is 2.49. The van der Waals surface area contributed by atoms with Gasteiger partial charge < -0.3 is 10.6 Å². The molecule has 0 radical (unpaired) electrons. The lowest BCUT2D eigenvalue weighted by molar-refractivity contribution is -0.144. The van der Waals surface area contributed by atoms with Gasteiger partial charge in [-0.1, -0.05) is 38.5 Å². The maximum absolute atomic E-state index is 13.2. The number of nitrogens with zero attached hydrogens (tertiary/aromatic N) is 1. The number of hydrogen-bond acceptors (Lipinski definition) is 2. The minimum absolute atomic E-state index is 0.219. The Balaban J connectivity index is 1.76. The molecule has 2 saturated carbocycles. The van der Waals surface area contributed by atoms with E-state index in [9.17, 15) is 4.79 Å². The van der Waals surface area contributed by atoms with Gasteiger partial charge in [0.05, 0.1) is 5.41 Å². The summed E-state index contributed by atoms with van der Waals surface area (Å²) in [4.78, 5) is 15.5. The van der Waals surface area contributed by atoms with Gasteiger partial charge in [0.25, 0.3) is 0 Å². The molecule has 2 aliphatic carbocycles. The van der Waals surface area contributed by atoms with E-state index in [1.165, 1.54) is 57.8 Å². The second kappa shape index (κ2) is 6.05. The van der Waals surface area contributed by atoms with E-state index < -0.39 is 0 Å². The average molecular weight is 278 g/mol. The standard InChI is InChI=1S/C17H30N2O/c18-13-17(10-5-1-2-6-11-17)16(20)19-12-9-14-7-3-4-8-15(14)19/h14-15H,1-13,18H2. The fraction of sp³-hybridized carbons (Fsp3) is 0.941. The summed E-state index contributed by atoms with van der Waals surface area (Å²) >= 11 is 0. The van der Waals surface area contributed by atoms with Gasteiger partial charge in [0.15, 0.2) is 0 Å². The third-order valence-corrected chi connectivity index (χ3v) is 6.18. The van der Waals surface area contributed by atoms with Crippen molar-refractivity contribution < 1.29 is 4.79 Å². The van der Waals surface area contributed by atoms with Crippen molar-refractivity contribution in [2.45, 2.75) is 76.7 Å². The first-order valence-corrected chi connectivity index (χ1v) is 8.78. The molecule has 1 aliphatic heterocycles. The number of carbonyl (C=O) groups is 1. The molecule has 2 atom stereocenters. The van der Waals surface area contributed by atoms with Gasteiger partial charge in [0.2, 0.25) is 5.91 Å². The fourth-order valence-corrected chi connectivity index (χ4v) is 4.87. The molecule has 1 saturated heterocycles. The monoisotopic (exact) mass is 278 g/mol. The van der Waals surface area contributed by atoms with Crippen molar-refractivity contribution in [3.05, 3.63) is 0 Å². The van der Waals surface area contributed by atoms with Crippen LogP contribution in [-0.4, -0.2) is 29.9 Å². The van der Waals surface area contributed by atoms with Crippen LogP contribution in [0.2, 0.25) is 0 Å². The predicted octanol–water partition coefficient (Wildman–Crippen LogP) is 3.08. The summed E-state index contributed by atoms with van der Waals surface area (Å²) in [7, 11) is 0. The molecule has 3 nitrogen and oxygen atoms in total. The van der Waals surface area contributed by atoms with Gasteiger partial charge in [-0.25, -0.2) is 0 Å². The van der Waals surface area contributed by atoms with Crippen molar-refractivity contribution in [3.8, 4) is 0 Å². The average Bonchev–Trinajstić information content (AvgIpc) is 2.76. The van der Waals surface area contributed by atoms with E-state index in [2.05, 4.69) is 4.90 Å². The Morgan fingerprint density at radius 2 is 1.70 bits per heavy atom. The van der Waals surface area contributed by atoms with Crippen molar-refractivity contribution in [2.24, 2.45) is 17.1 Å². The number of amides is 1. The van der Waals surface area contributed by atoms with Crippen LogP contribution in [0, 0.1) is 11.3 Å². The maximum Gasteiger partial charge on any atom is 0.230 e. The highest BCUT2D eigenvalue weighted by Gasteiger charge is 2.46. The third-order valence-electron chi connectivity index (χ3n) is 6.18. The van der Waals surface area contributed by atoms with Gasteiger partial charge in [-0.3, -0.25) is 4.79 Å². The minimum atomic E-state index is -0.219. The SMILES string of the molecule is NCC1(C(=O)N2CCC3CCCCC32)CCCCCC1. The van der Waals surface area contributed by atoms with Gasteiger partial charge in [0.1, 0.15) is 0 Å². The molecule has 20 heavy (non-hydrogen) atoms. The van der Waals surface area contributed by atoms with Gasteiger partial charge in [0, 0.05) is 19.1 Å². The van der Waals surface area contributed by atoms with E-state index in [0.717, 1.165) is 25.3 Å². The molecule has 0 aromatic rings. The van der Waals surface area contributed by atoms with Crippen LogP contribution in [0.15, 0.2) is 0 Å². The zero-order chi connectivity index (χ0) is 14.0. The van der Waals surface area contributed by atoms with E-state index in [1.807, 2.05) is 0 Å². The Kier molecular flexibility index (Phi) is 4.34. The zero-order valence-corrected chi connectivity index (χ0v) is 12.8. The van der Waals surface area contributed by atoms with E-state index in [1.54, 1.807) is 0 Å². The number of nitrogens with two attached hydrogens (primary N) is 1. The molecule has 3 heteroatoms. The normalized spacial score (nSPS) is 33.5. The quantitative estimate of drug-likeness (QED) is 0.789. The van der Waals surface area contributed by atoms with Crippen LogP contribution < -0.4 is 5.73 Å². The van der Waals surface area contributed by atoms with Gasteiger partial charge >= 0.3 is 0 Å². The van der Waals surface area contributed by atoms with E-state index >= 15 is 0 Å². The van der Waals surface area contributed by atoms with Crippen molar-refractivity contribution >= 4 is 5.91 Å². The largest absolute Gasteiger partial charge is 0.339 e. The maximum atomic E-state index is 13.2. The summed E-state index contributed by atoms with van der Waals surface area (Å²) in [6, 6.07) is 0.544. The Morgan fingerprint density at radius 3 is 2.40 bits per heavy atom. The van der Waals surface area contributed by atoms with Crippen molar-refractivity contribution in [1.29, 1.82) is 0 Å². The van der Waals surface area contributed by atoms with Crippen LogP contribution in [0.25, 0.3) is 0 Å². The molecule has 0 spiro atoms. The lowest BCUT2D eigenvalue weighted by atomic mass is 9.78. The summed E-state index contributed by atoms with van der Waals surface area (Å²) in [5.41, 5.74) is 5.88. The first kappa shape index (κ1) is 14.4. The zero-order valence-electron chi connectivity index (χ0n) is 12.8. The molecule has 114 valence electrons. The van der Waals surface area contributed by atoms with Crippen LogP contribution in [0.4, 0.5) is 0 Å². The smallest absolute Gasteiger partial charge is 0.230 e. The van der Waals surface area contributed by atoms with Crippen LogP contribution in [0.3, 0.4) is 0 Å². The molecular formula is C17H30N2O. The Labute approximate surface area is 123 Å². The highest BCUT2D eigenvalue weighted by Crippen LogP contribution is 2.42. The summed E-state index contributed by atoms with van der Waals surface area (Å²) < 4.78 is 0. The van der Waals surface area contributed by atoms with Gasteiger partial charge in [-0.2, -0.15) is 0 Å². The van der Waals surface area contributed by atoms with Crippen molar-refractivity contribution in [2.75, 3.05) is 13.1 Å². The molecule has 0 aromatic carbocycles. The van der Waals surface area contributed by atoms with Crippen molar-refractivity contribution in [1.82, 2.24) is 4.90 Å². The predicted molar refractivity (Wildman–Crippen MR) is 81.3 cm³/mol. The minimum Gasteiger partial charge on any atom is -0.339 e.